The summed E-state index contributed by atoms with van der Waals surface area (Å²) >= 11 is 0. The molecule has 0 amide bonds. The minimum Gasteiger partial charge on any atom is -0.278 e. The summed E-state index contributed by atoms with van der Waals surface area (Å²) < 4.78 is 29.8. The smallest absolute Gasteiger partial charge is 0.265 e. The van der Waals surface area contributed by atoms with E-state index in [1.165, 1.54) is 17.1 Å². The fourth-order valence-corrected chi connectivity index (χ4v) is 5.07. The van der Waals surface area contributed by atoms with Crippen LogP contribution in [0.25, 0.3) is 33.2 Å². The molecule has 0 saturated carbocycles. The van der Waals surface area contributed by atoms with Gasteiger partial charge in [-0.15, -0.1) is 0 Å². The minimum absolute atomic E-state index is 0.133. The SMILES string of the molecule is Cc1nn(C)cc1S(=O)(=O)Nc1cncc(-c2ccc3nccc(-c4ccncc4)c3c2)c1. The third-order valence-corrected chi connectivity index (χ3v) is 6.80. The number of fused-ring (bicyclic) bond motifs is 1. The minimum atomic E-state index is -3.79. The number of hydrogen-bond acceptors (Lipinski definition) is 6. The Morgan fingerprint density at radius 2 is 1.70 bits per heavy atom. The Morgan fingerprint density at radius 3 is 2.45 bits per heavy atom. The van der Waals surface area contributed by atoms with Crippen molar-refractivity contribution in [1.82, 2.24) is 24.7 Å². The molecule has 0 aliphatic heterocycles. The maximum Gasteiger partial charge on any atom is 0.265 e. The average molecular weight is 457 g/mol. The lowest BCUT2D eigenvalue weighted by Gasteiger charge is -2.11. The van der Waals surface area contributed by atoms with Gasteiger partial charge in [-0.1, -0.05) is 6.07 Å². The molecule has 0 aliphatic rings. The molecule has 4 heterocycles. The summed E-state index contributed by atoms with van der Waals surface area (Å²) in [5, 5.41) is 5.10. The van der Waals surface area contributed by atoms with Gasteiger partial charge in [0.1, 0.15) is 4.90 Å². The van der Waals surface area contributed by atoms with E-state index in [1.807, 2.05) is 36.4 Å². The molecule has 0 fully saturated rings. The van der Waals surface area contributed by atoms with E-state index in [2.05, 4.69) is 24.8 Å². The van der Waals surface area contributed by atoms with Gasteiger partial charge in [0.25, 0.3) is 10.0 Å². The van der Waals surface area contributed by atoms with E-state index >= 15 is 0 Å². The Hall–Kier alpha value is -4.11. The first-order chi connectivity index (χ1) is 15.9. The summed E-state index contributed by atoms with van der Waals surface area (Å²) in [5.41, 5.74) is 5.43. The van der Waals surface area contributed by atoms with Crippen molar-refractivity contribution in [2.24, 2.45) is 7.05 Å². The number of aromatic nitrogens is 5. The van der Waals surface area contributed by atoms with Gasteiger partial charge in [-0.25, -0.2) is 8.42 Å². The van der Waals surface area contributed by atoms with E-state index in [1.54, 1.807) is 44.8 Å². The van der Waals surface area contributed by atoms with Crippen LogP contribution in [0.2, 0.25) is 0 Å². The zero-order valence-corrected chi connectivity index (χ0v) is 18.8. The number of hydrogen-bond donors (Lipinski definition) is 1. The molecule has 8 nitrogen and oxygen atoms in total. The highest BCUT2D eigenvalue weighted by Gasteiger charge is 2.20. The summed E-state index contributed by atoms with van der Waals surface area (Å²) in [6.07, 6.45) is 9.97. The van der Waals surface area contributed by atoms with Crippen LogP contribution >= 0.6 is 0 Å². The molecule has 0 aliphatic carbocycles. The number of rotatable bonds is 5. The maximum absolute atomic E-state index is 12.9. The standard InChI is InChI=1S/C24H20N6O2S/c1-16-24(15-30(2)28-16)33(31,32)29-20-11-19(13-26-14-20)18-3-4-23-22(12-18)21(7-10-27-23)17-5-8-25-9-6-17/h3-15,29H,1-2H3. The first kappa shape index (κ1) is 20.8. The second-order valence-corrected chi connectivity index (χ2v) is 9.30. The molecule has 1 aromatic carbocycles. The number of aryl methyl sites for hydroxylation is 2. The molecule has 4 aromatic heterocycles. The largest absolute Gasteiger partial charge is 0.278 e. The van der Waals surface area contributed by atoms with Crippen molar-refractivity contribution in [3.8, 4) is 22.3 Å². The molecular weight excluding hydrogens is 436 g/mol. The van der Waals surface area contributed by atoms with Crippen molar-refractivity contribution in [3.05, 3.63) is 85.3 Å². The summed E-state index contributed by atoms with van der Waals surface area (Å²) in [4.78, 5) is 13.0. The van der Waals surface area contributed by atoms with Crippen LogP contribution in [-0.2, 0) is 17.1 Å². The van der Waals surface area contributed by atoms with Crippen molar-refractivity contribution in [1.29, 1.82) is 0 Å². The van der Waals surface area contributed by atoms with Gasteiger partial charge in [0.2, 0.25) is 0 Å². The van der Waals surface area contributed by atoms with Gasteiger partial charge in [0.05, 0.1) is 23.1 Å². The molecule has 1 N–H and O–H groups in total. The zero-order chi connectivity index (χ0) is 23.0. The third kappa shape index (κ3) is 4.06. The van der Waals surface area contributed by atoms with Gasteiger partial charge in [-0.05, 0) is 60.0 Å². The van der Waals surface area contributed by atoms with Crippen LogP contribution in [0.4, 0.5) is 5.69 Å². The van der Waals surface area contributed by atoms with Crippen molar-refractivity contribution >= 4 is 26.6 Å². The number of nitrogens with zero attached hydrogens (tertiary/aromatic N) is 5. The van der Waals surface area contributed by atoms with Gasteiger partial charge in [-0.3, -0.25) is 24.4 Å². The van der Waals surface area contributed by atoms with Gasteiger partial charge in [-0.2, -0.15) is 5.10 Å². The van der Waals surface area contributed by atoms with Crippen LogP contribution in [0.5, 0.6) is 0 Å². The van der Waals surface area contributed by atoms with Crippen LogP contribution in [-0.4, -0.2) is 33.2 Å². The molecule has 0 saturated heterocycles. The fraction of sp³-hybridized carbons (Fsp3) is 0.0833. The molecule has 0 unspecified atom stereocenters. The van der Waals surface area contributed by atoms with E-state index in [0.717, 1.165) is 33.2 Å². The second kappa shape index (κ2) is 8.10. The van der Waals surface area contributed by atoms with E-state index in [-0.39, 0.29) is 4.90 Å². The number of benzene rings is 1. The normalized spacial score (nSPS) is 11.6. The van der Waals surface area contributed by atoms with Crippen molar-refractivity contribution in [3.63, 3.8) is 0 Å². The van der Waals surface area contributed by atoms with Gasteiger partial charge < -0.3 is 0 Å². The third-order valence-electron chi connectivity index (χ3n) is 5.31. The molecule has 164 valence electrons. The molecule has 9 heteroatoms. The lowest BCUT2D eigenvalue weighted by atomic mass is 9.98. The Bertz CT molecular complexity index is 1580. The van der Waals surface area contributed by atoms with Crippen LogP contribution in [0.1, 0.15) is 5.69 Å². The van der Waals surface area contributed by atoms with E-state index in [4.69, 9.17) is 0 Å². The van der Waals surface area contributed by atoms with Crippen molar-refractivity contribution < 1.29 is 8.42 Å². The molecule has 0 radical (unpaired) electrons. The van der Waals surface area contributed by atoms with E-state index < -0.39 is 10.0 Å². The topological polar surface area (TPSA) is 103 Å². The summed E-state index contributed by atoms with van der Waals surface area (Å²) in [5.74, 6) is 0. The second-order valence-electron chi connectivity index (χ2n) is 7.65. The number of pyridine rings is 3. The number of anilines is 1. The quantitative estimate of drug-likeness (QED) is 0.425. The lowest BCUT2D eigenvalue weighted by Crippen LogP contribution is -2.13. The summed E-state index contributed by atoms with van der Waals surface area (Å²) in [6.45, 7) is 1.66. The first-order valence-electron chi connectivity index (χ1n) is 10.2. The fourth-order valence-electron chi connectivity index (χ4n) is 3.81. The Labute approximate surface area is 191 Å². The Kier molecular flexibility index (Phi) is 5.10. The van der Waals surface area contributed by atoms with E-state index in [0.29, 0.717) is 11.4 Å². The Morgan fingerprint density at radius 1 is 0.879 bits per heavy atom. The highest BCUT2D eigenvalue weighted by molar-refractivity contribution is 7.92. The van der Waals surface area contributed by atoms with Gasteiger partial charge in [0.15, 0.2) is 0 Å². The van der Waals surface area contributed by atoms with E-state index in [9.17, 15) is 8.42 Å². The predicted molar refractivity (Wildman–Crippen MR) is 127 cm³/mol. The first-order valence-corrected chi connectivity index (χ1v) is 11.7. The lowest BCUT2D eigenvalue weighted by molar-refractivity contribution is 0.600. The molecule has 0 bridgehead atoms. The molecule has 33 heavy (non-hydrogen) atoms. The van der Waals surface area contributed by atoms with Gasteiger partial charge in [0, 0.05) is 49.0 Å². The molecule has 5 rings (SSSR count). The molecule has 0 atom stereocenters. The van der Waals surface area contributed by atoms with Crippen molar-refractivity contribution in [2.45, 2.75) is 11.8 Å². The van der Waals surface area contributed by atoms with Crippen LogP contribution < -0.4 is 4.72 Å². The molecular formula is C24H20N6O2S. The van der Waals surface area contributed by atoms with Crippen LogP contribution in [0, 0.1) is 6.92 Å². The predicted octanol–water partition coefficient (Wildman–Crippen LogP) is 4.20. The van der Waals surface area contributed by atoms with Crippen LogP contribution in [0.15, 0.2) is 84.5 Å². The monoisotopic (exact) mass is 456 g/mol. The highest BCUT2D eigenvalue weighted by atomic mass is 32.2. The Balaban J connectivity index is 1.54. The van der Waals surface area contributed by atoms with Gasteiger partial charge >= 0.3 is 0 Å². The van der Waals surface area contributed by atoms with Crippen LogP contribution in [0.3, 0.4) is 0 Å². The summed E-state index contributed by atoms with van der Waals surface area (Å²) in [7, 11) is -2.11. The molecule has 5 aromatic rings. The number of sulfonamides is 1. The summed E-state index contributed by atoms with van der Waals surface area (Å²) in [6, 6.07) is 13.6. The maximum atomic E-state index is 12.9. The number of nitrogens with one attached hydrogen (secondary N) is 1. The van der Waals surface area contributed by atoms with Crippen molar-refractivity contribution in [2.75, 3.05) is 4.72 Å². The average Bonchev–Trinajstić information content (AvgIpc) is 3.17. The zero-order valence-electron chi connectivity index (χ0n) is 18.0. The highest BCUT2D eigenvalue weighted by Crippen LogP contribution is 2.31. The molecule has 0 spiro atoms.